The Morgan fingerprint density at radius 2 is 1.70 bits per heavy atom. The Hall–Kier alpha value is -6.03. The van der Waals surface area contributed by atoms with Gasteiger partial charge in [0, 0.05) is 61.9 Å². The summed E-state index contributed by atoms with van der Waals surface area (Å²) in [6.45, 7) is 6.49. The maximum atomic E-state index is 13.3. The zero-order valence-electron chi connectivity index (χ0n) is 33.3. The lowest BCUT2D eigenvalue weighted by Gasteiger charge is -2.36. The number of amides is 5. The van der Waals surface area contributed by atoms with Crippen molar-refractivity contribution in [3.63, 3.8) is 0 Å². The third kappa shape index (κ3) is 9.23. The first kappa shape index (κ1) is 42.1. The van der Waals surface area contributed by atoms with Crippen molar-refractivity contribution in [1.29, 1.82) is 0 Å². The molecule has 4 aromatic rings. The van der Waals surface area contributed by atoms with E-state index < -0.39 is 36.8 Å². The van der Waals surface area contributed by atoms with Gasteiger partial charge in [-0.3, -0.25) is 34.2 Å². The topological polar surface area (TPSA) is 204 Å². The van der Waals surface area contributed by atoms with E-state index in [1.165, 1.54) is 12.3 Å². The van der Waals surface area contributed by atoms with Gasteiger partial charge in [-0.15, -0.1) is 0 Å². The van der Waals surface area contributed by atoms with E-state index in [9.17, 15) is 28.5 Å². The average molecular weight is 858 g/mol. The van der Waals surface area contributed by atoms with Crippen LogP contribution in [-0.4, -0.2) is 122 Å². The van der Waals surface area contributed by atoms with Crippen LogP contribution in [0.2, 0.25) is 5.02 Å². The number of ether oxygens (including phenoxy) is 2. The second-order valence-corrected chi connectivity index (χ2v) is 18.3. The van der Waals surface area contributed by atoms with Crippen molar-refractivity contribution in [3.8, 4) is 5.75 Å². The number of rotatable bonds is 15. The molecule has 0 bridgehead atoms. The van der Waals surface area contributed by atoms with Crippen LogP contribution in [0.1, 0.15) is 40.0 Å². The number of carbonyl (C=O) groups is 5. The molecule has 3 aliphatic rings. The summed E-state index contributed by atoms with van der Waals surface area (Å²) in [6.07, 6.45) is 1.81. The van der Waals surface area contributed by atoms with Gasteiger partial charge in [0.2, 0.25) is 23.7 Å². The Morgan fingerprint density at radius 3 is 2.45 bits per heavy atom. The maximum absolute atomic E-state index is 13.3. The van der Waals surface area contributed by atoms with Gasteiger partial charge in [0.1, 0.15) is 24.0 Å². The molecule has 2 saturated heterocycles. The largest absolute Gasteiger partial charge is 0.494 e. The lowest BCUT2D eigenvalue weighted by Crippen LogP contribution is -2.54. The molecule has 1 aromatic heterocycles. The SMILES string of the molecule is COc1cc(N2CCN(C(=O)CCOCCNc3cccc4c3C(=O)N(C3CCC(=O)NC3=O)C4=O)CC2)ccc1Nc1ncc(Cl)c(Nc2ccccc2P(C)(C)=O)n1. The molecule has 0 aliphatic carbocycles. The van der Waals surface area contributed by atoms with Gasteiger partial charge in [-0.25, -0.2) is 4.98 Å². The molecule has 60 heavy (non-hydrogen) atoms. The third-order valence-electron chi connectivity index (χ3n) is 10.4. The van der Waals surface area contributed by atoms with Gasteiger partial charge in [-0.2, -0.15) is 4.98 Å². The molecule has 19 heteroatoms. The van der Waals surface area contributed by atoms with Crippen LogP contribution in [0, 0.1) is 0 Å². The smallest absolute Gasteiger partial charge is 0.264 e. The number of piperidine rings is 1. The summed E-state index contributed by atoms with van der Waals surface area (Å²) in [7, 11) is -0.999. The van der Waals surface area contributed by atoms with Crippen molar-refractivity contribution in [2.45, 2.75) is 25.3 Å². The van der Waals surface area contributed by atoms with Crippen molar-refractivity contribution in [2.75, 3.05) is 87.2 Å². The number of nitrogens with one attached hydrogen (secondary N) is 4. The van der Waals surface area contributed by atoms with Crippen molar-refractivity contribution in [2.24, 2.45) is 0 Å². The molecule has 0 saturated carbocycles. The lowest BCUT2D eigenvalue weighted by atomic mass is 10.0. The maximum Gasteiger partial charge on any atom is 0.264 e. The Morgan fingerprint density at radius 1 is 0.933 bits per heavy atom. The molecule has 1 atom stereocenters. The molecule has 4 N–H and O–H groups in total. The Kier molecular flexibility index (Phi) is 12.7. The quantitative estimate of drug-likeness (QED) is 0.0742. The summed E-state index contributed by atoms with van der Waals surface area (Å²) in [5, 5.41) is 12.7. The first-order chi connectivity index (χ1) is 28.8. The number of hydrogen-bond donors (Lipinski definition) is 4. The van der Waals surface area contributed by atoms with Gasteiger partial charge in [-0.05, 0) is 56.1 Å². The number of nitrogens with zero attached hydrogens (tertiary/aromatic N) is 5. The molecule has 2 fully saturated rings. The predicted molar refractivity (Wildman–Crippen MR) is 228 cm³/mol. The molecule has 0 spiro atoms. The lowest BCUT2D eigenvalue weighted by molar-refractivity contribution is -0.136. The van der Waals surface area contributed by atoms with Gasteiger partial charge in [-0.1, -0.05) is 29.8 Å². The Bertz CT molecular complexity index is 2390. The van der Waals surface area contributed by atoms with E-state index in [4.69, 9.17) is 21.1 Å². The summed E-state index contributed by atoms with van der Waals surface area (Å²) in [6, 6.07) is 16.9. The summed E-state index contributed by atoms with van der Waals surface area (Å²) >= 11 is 6.44. The molecular formula is C41H45ClN9O8P. The van der Waals surface area contributed by atoms with Gasteiger partial charge in [0.05, 0.1) is 55.4 Å². The van der Waals surface area contributed by atoms with Crippen molar-refractivity contribution in [3.05, 3.63) is 83.0 Å². The Labute approximate surface area is 351 Å². The van der Waals surface area contributed by atoms with Crippen LogP contribution < -0.4 is 36.2 Å². The monoisotopic (exact) mass is 857 g/mol. The van der Waals surface area contributed by atoms with E-state index in [1.807, 2.05) is 47.4 Å². The number of fused-ring (bicyclic) bond motifs is 1. The third-order valence-corrected chi connectivity index (χ3v) is 12.2. The fraction of sp³-hybridized carbons (Fsp3) is 0.341. The normalized spacial score (nSPS) is 16.7. The average Bonchev–Trinajstić information content (AvgIpc) is 3.49. The van der Waals surface area contributed by atoms with Gasteiger partial charge < -0.3 is 39.8 Å². The van der Waals surface area contributed by atoms with E-state index in [2.05, 4.69) is 36.1 Å². The number of anilines is 6. The number of piperazine rings is 1. The standard InChI is InChI=1S/C41H45ClN9O8P/c1-58-32-23-25(11-12-28(32)46-41-44-24-27(42)37(48-41)45-29-8-4-5-10-33(29)60(2,3)57)49-17-19-50(20-18-49)35(53)15-21-59-22-16-43-30-9-6-7-26-36(30)40(56)51(39(26)55)31-13-14-34(52)47-38(31)54/h4-12,23-24,31,43H,13-22H2,1-3H3,(H,47,52,54)(H2,44,45,46,48). The van der Waals surface area contributed by atoms with E-state index in [1.54, 1.807) is 32.6 Å². The van der Waals surface area contributed by atoms with E-state index in [-0.39, 0.29) is 55.5 Å². The number of methoxy groups -OCH3 is 1. The molecule has 7 rings (SSSR count). The van der Waals surface area contributed by atoms with Gasteiger partial charge in [0.15, 0.2) is 5.82 Å². The van der Waals surface area contributed by atoms with Crippen molar-refractivity contribution in [1.82, 2.24) is 25.1 Å². The van der Waals surface area contributed by atoms with Crippen LogP contribution in [0.15, 0.2) is 66.9 Å². The second kappa shape index (κ2) is 18.1. The summed E-state index contributed by atoms with van der Waals surface area (Å²) < 4.78 is 24.3. The fourth-order valence-corrected chi connectivity index (χ4v) is 8.64. The first-order valence-electron chi connectivity index (χ1n) is 19.4. The minimum Gasteiger partial charge on any atom is -0.494 e. The Balaban J connectivity index is 0.860. The molecule has 5 amide bonds. The molecule has 3 aliphatic heterocycles. The summed E-state index contributed by atoms with van der Waals surface area (Å²) in [4.78, 5) is 77.3. The zero-order chi connectivity index (χ0) is 42.6. The first-order valence-corrected chi connectivity index (χ1v) is 22.4. The number of aromatic nitrogens is 2. The number of para-hydroxylation sites is 1. The fourth-order valence-electron chi connectivity index (χ4n) is 7.35. The molecule has 314 valence electrons. The molecule has 1 unspecified atom stereocenters. The molecule has 17 nitrogen and oxygen atoms in total. The van der Waals surface area contributed by atoms with Gasteiger partial charge in [0.25, 0.3) is 11.8 Å². The van der Waals surface area contributed by atoms with Crippen LogP contribution in [0.25, 0.3) is 0 Å². The van der Waals surface area contributed by atoms with E-state index >= 15 is 0 Å². The highest BCUT2D eigenvalue weighted by Crippen LogP contribution is 2.39. The number of hydrogen-bond acceptors (Lipinski definition) is 14. The minimum atomic E-state index is -2.58. The minimum absolute atomic E-state index is 0.0167. The van der Waals surface area contributed by atoms with Crippen LogP contribution >= 0.6 is 18.7 Å². The second-order valence-electron chi connectivity index (χ2n) is 14.7. The predicted octanol–water partition coefficient (Wildman–Crippen LogP) is 4.44. The van der Waals surface area contributed by atoms with Crippen molar-refractivity contribution < 1.29 is 38.0 Å². The number of halogens is 1. The summed E-state index contributed by atoms with van der Waals surface area (Å²) in [5.41, 5.74) is 3.01. The zero-order valence-corrected chi connectivity index (χ0v) is 35.0. The molecule has 3 aromatic carbocycles. The van der Waals surface area contributed by atoms with Crippen molar-refractivity contribution >= 4 is 88.1 Å². The molecule has 4 heterocycles. The van der Waals surface area contributed by atoms with Crippen LogP contribution in [0.4, 0.5) is 34.5 Å². The number of benzene rings is 3. The highest BCUT2D eigenvalue weighted by atomic mass is 35.5. The number of imide groups is 2. The number of carbonyl (C=O) groups excluding carboxylic acids is 5. The molecule has 0 radical (unpaired) electrons. The highest BCUT2D eigenvalue weighted by molar-refractivity contribution is 7.70. The van der Waals surface area contributed by atoms with E-state index in [0.717, 1.165) is 10.6 Å². The van der Waals surface area contributed by atoms with Gasteiger partial charge >= 0.3 is 0 Å². The molecular weight excluding hydrogens is 813 g/mol. The summed E-state index contributed by atoms with van der Waals surface area (Å²) in [5.74, 6) is -1.08. The van der Waals surface area contributed by atoms with Crippen LogP contribution in [0.3, 0.4) is 0 Å². The van der Waals surface area contributed by atoms with Crippen LogP contribution in [-0.2, 0) is 23.7 Å². The highest BCUT2D eigenvalue weighted by Gasteiger charge is 2.45. The van der Waals surface area contributed by atoms with E-state index in [0.29, 0.717) is 71.7 Å². The van der Waals surface area contributed by atoms with Crippen LogP contribution in [0.5, 0.6) is 5.75 Å².